The van der Waals surface area contributed by atoms with Crippen LogP contribution >= 0.6 is 0 Å². The third kappa shape index (κ3) is 26.2. The second-order valence-corrected chi connectivity index (χ2v) is 6.03. The Morgan fingerprint density at radius 3 is 1.44 bits per heavy atom. The first kappa shape index (κ1) is 37.4. The lowest BCUT2D eigenvalue weighted by Gasteiger charge is -2.32. The van der Waals surface area contributed by atoms with Gasteiger partial charge in [0, 0.05) is 19.9 Å². The lowest BCUT2D eigenvalue weighted by Crippen LogP contribution is -2.32. The van der Waals surface area contributed by atoms with Gasteiger partial charge in [-0.3, -0.25) is 14.5 Å². The Morgan fingerprint density at radius 2 is 1.16 bits per heavy atom. The number of ether oxygens (including phenoxy) is 2. The molecule has 0 amide bonds. The zero-order chi connectivity index (χ0) is 25.8. The molecule has 0 saturated carbocycles. The highest BCUT2D eigenvalue weighted by Crippen LogP contribution is 2.23. The third-order valence-electron chi connectivity index (χ3n) is 3.92. The number of hydrogen-bond acceptors (Lipinski definition) is 5. The number of esters is 2. The summed E-state index contributed by atoms with van der Waals surface area (Å²) in [6.45, 7) is 24.2. The molecule has 1 aromatic carbocycles. The minimum Gasteiger partial charge on any atom is -0.466 e. The van der Waals surface area contributed by atoms with Gasteiger partial charge < -0.3 is 9.47 Å². The van der Waals surface area contributed by atoms with Crippen molar-refractivity contribution in [2.45, 2.75) is 101 Å². The van der Waals surface area contributed by atoms with Crippen LogP contribution in [0, 0.1) is 0 Å². The number of piperidine rings is 1. The van der Waals surface area contributed by atoms with Crippen LogP contribution in [0.2, 0.25) is 0 Å². The van der Waals surface area contributed by atoms with Gasteiger partial charge in [-0.25, -0.2) is 0 Å². The molecule has 1 aliphatic heterocycles. The number of hydrogen-bond donors (Lipinski definition) is 0. The molecule has 1 aromatic rings. The molecule has 0 bridgehead atoms. The van der Waals surface area contributed by atoms with Crippen molar-refractivity contribution in [3.8, 4) is 0 Å². The highest BCUT2D eigenvalue weighted by Gasteiger charge is 2.17. The maximum absolute atomic E-state index is 9.82. The fourth-order valence-electron chi connectivity index (χ4n) is 2.65. The second-order valence-electron chi connectivity index (χ2n) is 6.03. The zero-order valence-electron chi connectivity index (χ0n) is 23.0. The van der Waals surface area contributed by atoms with Gasteiger partial charge in [0.15, 0.2) is 0 Å². The average molecular weight is 456 g/mol. The third-order valence-corrected chi connectivity index (χ3v) is 3.92. The number of carbonyl (C=O) groups is 2. The lowest BCUT2D eigenvalue weighted by molar-refractivity contribution is -0.141. The van der Waals surface area contributed by atoms with Gasteiger partial charge in [-0.15, -0.1) is 0 Å². The Labute approximate surface area is 199 Å². The summed E-state index contributed by atoms with van der Waals surface area (Å²) in [4.78, 5) is 22.2. The summed E-state index contributed by atoms with van der Waals surface area (Å²) in [5.41, 5.74) is 1.45. The van der Waals surface area contributed by atoms with E-state index in [0.717, 1.165) is 0 Å². The fourth-order valence-corrected chi connectivity index (χ4v) is 2.65. The van der Waals surface area contributed by atoms with Crippen LogP contribution in [-0.2, 0) is 19.1 Å². The van der Waals surface area contributed by atoms with E-state index >= 15 is 0 Å². The van der Waals surface area contributed by atoms with Crippen LogP contribution in [0.3, 0.4) is 0 Å². The first-order valence-corrected chi connectivity index (χ1v) is 12.5. The van der Waals surface area contributed by atoms with Crippen molar-refractivity contribution in [2.75, 3.05) is 26.3 Å². The molecule has 0 spiro atoms. The van der Waals surface area contributed by atoms with Gasteiger partial charge in [0.25, 0.3) is 0 Å². The van der Waals surface area contributed by atoms with Crippen molar-refractivity contribution in [2.24, 2.45) is 0 Å². The number of benzene rings is 1. The first-order chi connectivity index (χ1) is 15.4. The largest absolute Gasteiger partial charge is 0.466 e. The van der Waals surface area contributed by atoms with Crippen LogP contribution < -0.4 is 0 Å². The Morgan fingerprint density at radius 1 is 0.781 bits per heavy atom. The van der Waals surface area contributed by atoms with E-state index in [1.54, 1.807) is 13.8 Å². The van der Waals surface area contributed by atoms with Crippen molar-refractivity contribution >= 4 is 11.9 Å². The minimum absolute atomic E-state index is 0.211. The fraction of sp³-hybridized carbons (Fsp3) is 0.704. The summed E-state index contributed by atoms with van der Waals surface area (Å²) in [6, 6.07) is 11.4. The summed E-state index contributed by atoms with van der Waals surface area (Å²) in [7, 11) is 0. The smallest absolute Gasteiger partial charge is 0.302 e. The summed E-state index contributed by atoms with van der Waals surface area (Å²) in [5, 5.41) is 0. The number of rotatable bonds is 4. The Balaban J connectivity index is -0.000000185. The standard InChI is InChI=1S/C13H19N.2C4H8O2.3C2H6/c1-12(13-8-4-2-5-9-13)14-10-6-3-7-11-14;2*1-3-6-4(2)5;3*1-2/h2,4-5,8-9,12H,3,6-7,10-11H2,1H3;2*3H2,1-2H3;3*1-2H3. The normalized spacial score (nSPS) is 12.5. The highest BCUT2D eigenvalue weighted by atomic mass is 16.5. The Hall–Kier alpha value is -1.88. The van der Waals surface area contributed by atoms with Crippen LogP contribution in [-0.4, -0.2) is 43.1 Å². The van der Waals surface area contributed by atoms with Gasteiger partial charge in [0.2, 0.25) is 0 Å². The second kappa shape index (κ2) is 31.3. The van der Waals surface area contributed by atoms with E-state index in [4.69, 9.17) is 0 Å². The van der Waals surface area contributed by atoms with Crippen LogP contribution in [0.1, 0.15) is 107 Å². The van der Waals surface area contributed by atoms with Crippen LogP contribution in [0.5, 0.6) is 0 Å². The van der Waals surface area contributed by atoms with E-state index < -0.39 is 0 Å². The van der Waals surface area contributed by atoms with Gasteiger partial charge >= 0.3 is 11.9 Å². The minimum atomic E-state index is -0.211. The Bertz CT molecular complexity index is 470. The number of carbonyl (C=O) groups excluding carboxylic acids is 2. The topological polar surface area (TPSA) is 55.8 Å². The molecule has 2 rings (SSSR count). The summed E-state index contributed by atoms with van der Waals surface area (Å²) >= 11 is 0. The molecule has 1 unspecified atom stereocenters. The van der Waals surface area contributed by atoms with E-state index in [9.17, 15) is 9.59 Å². The van der Waals surface area contributed by atoms with Crippen molar-refractivity contribution in [3.63, 3.8) is 0 Å². The summed E-state index contributed by atoms with van der Waals surface area (Å²) < 4.78 is 8.81. The summed E-state index contributed by atoms with van der Waals surface area (Å²) in [6.07, 6.45) is 4.16. The molecule has 5 heteroatoms. The van der Waals surface area contributed by atoms with Crippen LogP contribution in [0.15, 0.2) is 30.3 Å². The molecular formula is C27H53NO4. The quantitative estimate of drug-likeness (QED) is 0.441. The van der Waals surface area contributed by atoms with E-state index in [0.29, 0.717) is 19.3 Å². The van der Waals surface area contributed by atoms with E-state index in [-0.39, 0.29) is 11.9 Å². The van der Waals surface area contributed by atoms with Gasteiger partial charge in [-0.2, -0.15) is 0 Å². The maximum Gasteiger partial charge on any atom is 0.302 e. The monoisotopic (exact) mass is 455 g/mol. The van der Waals surface area contributed by atoms with E-state index in [2.05, 4.69) is 51.6 Å². The number of likely N-dealkylation sites (tertiary alicyclic amines) is 1. The predicted molar refractivity (Wildman–Crippen MR) is 139 cm³/mol. The number of nitrogens with zero attached hydrogens (tertiary/aromatic N) is 1. The molecule has 5 nitrogen and oxygen atoms in total. The average Bonchev–Trinajstić information content (AvgIpc) is 2.84. The highest BCUT2D eigenvalue weighted by molar-refractivity contribution is 5.66. The van der Waals surface area contributed by atoms with Gasteiger partial charge in [-0.1, -0.05) is 78.3 Å². The SMILES string of the molecule is CC.CC.CC.CC(c1ccccc1)N1CCCCC1.CCOC(C)=O.CCOC(C)=O. The molecule has 1 saturated heterocycles. The lowest BCUT2D eigenvalue weighted by atomic mass is 10.0. The van der Waals surface area contributed by atoms with Crippen molar-refractivity contribution in [3.05, 3.63) is 35.9 Å². The van der Waals surface area contributed by atoms with E-state index in [1.807, 2.05) is 41.5 Å². The molecule has 0 N–H and O–H groups in total. The van der Waals surface area contributed by atoms with Gasteiger partial charge in [-0.05, 0) is 52.3 Å². The first-order valence-electron chi connectivity index (χ1n) is 12.5. The predicted octanol–water partition coefficient (Wildman–Crippen LogP) is 7.45. The molecular weight excluding hydrogens is 402 g/mol. The molecule has 0 aromatic heterocycles. The summed E-state index contributed by atoms with van der Waals surface area (Å²) in [5.74, 6) is -0.421. The molecule has 1 aliphatic rings. The molecule has 1 fully saturated rings. The maximum atomic E-state index is 9.82. The molecule has 0 radical (unpaired) electrons. The molecule has 1 atom stereocenters. The Kier molecular flexibility index (Phi) is 36.6. The van der Waals surface area contributed by atoms with Crippen molar-refractivity contribution in [1.29, 1.82) is 0 Å². The van der Waals surface area contributed by atoms with E-state index in [1.165, 1.54) is 51.8 Å². The van der Waals surface area contributed by atoms with Gasteiger partial charge in [0.05, 0.1) is 13.2 Å². The molecule has 1 heterocycles. The molecule has 32 heavy (non-hydrogen) atoms. The van der Waals surface area contributed by atoms with Crippen LogP contribution in [0.4, 0.5) is 0 Å². The van der Waals surface area contributed by atoms with Crippen molar-refractivity contribution in [1.82, 2.24) is 4.90 Å². The molecule has 190 valence electrons. The zero-order valence-corrected chi connectivity index (χ0v) is 23.0. The molecule has 0 aliphatic carbocycles. The van der Waals surface area contributed by atoms with Crippen LogP contribution in [0.25, 0.3) is 0 Å². The van der Waals surface area contributed by atoms with Gasteiger partial charge in [0.1, 0.15) is 0 Å². The van der Waals surface area contributed by atoms with Crippen molar-refractivity contribution < 1.29 is 19.1 Å².